The molecule has 1 aromatic carbocycles. The van der Waals surface area contributed by atoms with Crippen LogP contribution >= 0.6 is 0 Å². The average molecular weight is 277 g/mol. The summed E-state index contributed by atoms with van der Waals surface area (Å²) in [5.74, 6) is 0.668. The molecule has 0 aliphatic rings. The van der Waals surface area contributed by atoms with Crippen molar-refractivity contribution >= 4 is 11.1 Å². The summed E-state index contributed by atoms with van der Waals surface area (Å²) in [6.07, 6.45) is 0. The normalized spacial score (nSPS) is 12.2. The molecule has 0 saturated heterocycles. The minimum atomic E-state index is -1.95. The van der Waals surface area contributed by atoms with Crippen LogP contribution < -0.4 is 4.74 Å². The quantitative estimate of drug-likeness (QED) is 0.873. The van der Waals surface area contributed by atoms with E-state index in [0.29, 0.717) is 17.3 Å². The van der Waals surface area contributed by atoms with Crippen molar-refractivity contribution in [1.29, 1.82) is 0 Å². The second-order valence-electron chi connectivity index (χ2n) is 4.27. The molecule has 0 aliphatic carbocycles. The molecule has 2 aromatic rings. The summed E-state index contributed by atoms with van der Waals surface area (Å²) in [7, 11) is 0. The van der Waals surface area contributed by atoms with E-state index in [1.54, 1.807) is 24.3 Å². The molecule has 1 aromatic heterocycles. The monoisotopic (exact) mass is 277 g/mol. The molecule has 1 heterocycles. The first-order chi connectivity index (χ1) is 9.04. The lowest BCUT2D eigenvalue weighted by atomic mass is 10.2. The van der Waals surface area contributed by atoms with E-state index < -0.39 is 11.1 Å². The second kappa shape index (κ2) is 5.95. The fourth-order valence-electron chi connectivity index (χ4n) is 1.82. The molecule has 0 spiro atoms. The van der Waals surface area contributed by atoms with E-state index >= 15 is 0 Å². The minimum Gasteiger partial charge on any atom is -0.489 e. The number of hydrogen-bond donors (Lipinski definition) is 1. The van der Waals surface area contributed by atoms with Crippen LogP contribution in [0.2, 0.25) is 0 Å². The Hall–Kier alpha value is -1.72. The van der Waals surface area contributed by atoms with Crippen LogP contribution in [-0.4, -0.2) is 13.7 Å². The number of hydrogen-bond acceptors (Lipinski definition) is 3. The van der Waals surface area contributed by atoms with E-state index in [0.717, 1.165) is 17.0 Å². The zero-order valence-electron chi connectivity index (χ0n) is 10.8. The number of aryl methyl sites for hydroxylation is 2. The molecule has 5 heteroatoms. The van der Waals surface area contributed by atoms with Gasteiger partial charge in [-0.3, -0.25) is 4.98 Å². The van der Waals surface area contributed by atoms with Gasteiger partial charge in [0.1, 0.15) is 12.4 Å². The Morgan fingerprint density at radius 1 is 1.16 bits per heavy atom. The third kappa shape index (κ3) is 3.87. The summed E-state index contributed by atoms with van der Waals surface area (Å²) in [4.78, 5) is 4.67. The first-order valence-corrected chi connectivity index (χ1v) is 6.93. The van der Waals surface area contributed by atoms with Crippen LogP contribution in [0.25, 0.3) is 0 Å². The highest BCUT2D eigenvalue weighted by atomic mass is 32.2. The maximum atomic E-state index is 10.8. The second-order valence-corrected chi connectivity index (χ2v) is 5.24. The topological polar surface area (TPSA) is 59.4 Å². The summed E-state index contributed by atoms with van der Waals surface area (Å²) in [5, 5.41) is 0. The molecule has 1 N–H and O–H groups in total. The predicted molar refractivity (Wildman–Crippen MR) is 73.5 cm³/mol. The molecule has 0 fully saturated rings. The van der Waals surface area contributed by atoms with Gasteiger partial charge >= 0.3 is 0 Å². The molecule has 0 radical (unpaired) electrons. The van der Waals surface area contributed by atoms with Crippen LogP contribution in [0.5, 0.6) is 5.75 Å². The van der Waals surface area contributed by atoms with Crippen LogP contribution in [0.1, 0.15) is 17.0 Å². The van der Waals surface area contributed by atoms with Gasteiger partial charge in [-0.05, 0) is 55.8 Å². The highest BCUT2D eigenvalue weighted by Crippen LogP contribution is 2.16. The molecule has 19 heavy (non-hydrogen) atoms. The van der Waals surface area contributed by atoms with Crippen LogP contribution in [0.4, 0.5) is 0 Å². The molecule has 0 bridgehead atoms. The van der Waals surface area contributed by atoms with E-state index in [4.69, 9.17) is 9.29 Å². The fourth-order valence-corrected chi connectivity index (χ4v) is 2.19. The zero-order valence-corrected chi connectivity index (χ0v) is 11.6. The molecule has 0 aliphatic heterocycles. The van der Waals surface area contributed by atoms with Gasteiger partial charge in [-0.2, -0.15) is 0 Å². The fraction of sp³-hybridized carbons (Fsp3) is 0.214. The molecule has 2 rings (SSSR count). The number of rotatable bonds is 4. The summed E-state index contributed by atoms with van der Waals surface area (Å²) < 4.78 is 25.4. The first kappa shape index (κ1) is 13.7. The van der Waals surface area contributed by atoms with E-state index in [1.807, 2.05) is 26.0 Å². The van der Waals surface area contributed by atoms with Gasteiger partial charge in [0.15, 0.2) is 11.1 Å². The predicted octanol–water partition coefficient (Wildman–Crippen LogP) is 2.86. The van der Waals surface area contributed by atoms with Crippen LogP contribution in [0, 0.1) is 13.8 Å². The molecular formula is C14H15NO3S. The van der Waals surface area contributed by atoms with Crippen LogP contribution in [0.15, 0.2) is 41.3 Å². The van der Waals surface area contributed by atoms with E-state index in [-0.39, 0.29) is 0 Å². The van der Waals surface area contributed by atoms with Gasteiger partial charge in [0.05, 0.1) is 4.90 Å². The van der Waals surface area contributed by atoms with Crippen molar-refractivity contribution in [1.82, 2.24) is 4.98 Å². The number of ether oxygens (including phenoxy) is 1. The number of nitrogens with zero attached hydrogens (tertiary/aromatic N) is 1. The van der Waals surface area contributed by atoms with E-state index in [9.17, 15) is 4.21 Å². The van der Waals surface area contributed by atoms with Gasteiger partial charge in [-0.25, -0.2) is 4.21 Å². The zero-order chi connectivity index (χ0) is 13.8. The maximum Gasteiger partial charge on any atom is 0.186 e. The standard InChI is InChI=1S/C14H15NO3S/c1-10-7-12(8-11(2)15-10)9-18-13-3-5-14(6-4-13)19(16)17/h3-8H,9H2,1-2H3,(H,16,17). The average Bonchev–Trinajstić information content (AvgIpc) is 2.36. The summed E-state index contributed by atoms with van der Waals surface area (Å²) in [5.41, 5.74) is 2.98. The Balaban J connectivity index is 2.03. The Kier molecular flexibility index (Phi) is 4.29. The van der Waals surface area contributed by atoms with Gasteiger partial charge in [0, 0.05) is 11.4 Å². The molecular weight excluding hydrogens is 262 g/mol. The van der Waals surface area contributed by atoms with Gasteiger partial charge in [-0.1, -0.05) is 0 Å². The minimum absolute atomic E-state index is 0.364. The van der Waals surface area contributed by atoms with Crippen molar-refractivity contribution in [3.63, 3.8) is 0 Å². The van der Waals surface area contributed by atoms with Gasteiger partial charge in [0.2, 0.25) is 0 Å². The maximum absolute atomic E-state index is 10.8. The highest BCUT2D eigenvalue weighted by molar-refractivity contribution is 7.79. The molecule has 0 amide bonds. The summed E-state index contributed by atoms with van der Waals surface area (Å²) in [6.45, 7) is 4.34. The Bertz CT molecular complexity index is 576. The van der Waals surface area contributed by atoms with E-state index in [2.05, 4.69) is 4.98 Å². The Morgan fingerprint density at radius 2 is 1.74 bits per heavy atom. The Morgan fingerprint density at radius 3 is 2.26 bits per heavy atom. The van der Waals surface area contributed by atoms with Crippen LogP contribution in [0.3, 0.4) is 0 Å². The molecule has 4 nitrogen and oxygen atoms in total. The smallest absolute Gasteiger partial charge is 0.186 e. The van der Waals surface area contributed by atoms with E-state index in [1.165, 1.54) is 0 Å². The van der Waals surface area contributed by atoms with Crippen molar-refractivity contribution in [2.24, 2.45) is 0 Å². The van der Waals surface area contributed by atoms with Gasteiger partial charge < -0.3 is 9.29 Å². The highest BCUT2D eigenvalue weighted by Gasteiger charge is 2.02. The third-order valence-electron chi connectivity index (χ3n) is 2.57. The number of pyridine rings is 1. The van der Waals surface area contributed by atoms with Crippen LogP contribution in [-0.2, 0) is 17.7 Å². The molecule has 0 saturated carbocycles. The van der Waals surface area contributed by atoms with Gasteiger partial charge in [0.25, 0.3) is 0 Å². The first-order valence-electron chi connectivity index (χ1n) is 5.82. The Labute approximate surface area is 114 Å². The summed E-state index contributed by atoms with van der Waals surface area (Å²) >= 11 is -1.95. The van der Waals surface area contributed by atoms with Crippen molar-refractivity contribution in [2.45, 2.75) is 25.3 Å². The number of benzene rings is 1. The van der Waals surface area contributed by atoms with Gasteiger partial charge in [-0.15, -0.1) is 0 Å². The lowest BCUT2D eigenvalue weighted by Crippen LogP contribution is -1.98. The molecule has 100 valence electrons. The molecule has 1 unspecified atom stereocenters. The van der Waals surface area contributed by atoms with Crippen molar-refractivity contribution in [3.05, 3.63) is 53.3 Å². The number of aromatic nitrogens is 1. The lowest BCUT2D eigenvalue weighted by Gasteiger charge is -2.08. The van der Waals surface area contributed by atoms with Crippen molar-refractivity contribution in [3.8, 4) is 5.75 Å². The SMILES string of the molecule is Cc1cc(COc2ccc(S(=O)O)cc2)cc(C)n1. The van der Waals surface area contributed by atoms with Crippen molar-refractivity contribution in [2.75, 3.05) is 0 Å². The largest absolute Gasteiger partial charge is 0.489 e. The van der Waals surface area contributed by atoms with Crippen molar-refractivity contribution < 1.29 is 13.5 Å². The summed E-state index contributed by atoms with van der Waals surface area (Å²) in [6, 6.07) is 10.5. The molecule has 1 atom stereocenters. The third-order valence-corrected chi connectivity index (χ3v) is 3.25. The lowest BCUT2D eigenvalue weighted by molar-refractivity contribution is 0.305.